The fraction of sp³-hybridized carbons (Fsp3) is 0.167. The third-order valence-corrected chi connectivity index (χ3v) is 6.77. The molecule has 9 nitrogen and oxygen atoms in total. The van der Waals surface area contributed by atoms with Crippen molar-refractivity contribution in [2.45, 2.75) is 26.4 Å². The monoisotopic (exact) mass is 535 g/mol. The summed E-state index contributed by atoms with van der Waals surface area (Å²) >= 11 is 0. The van der Waals surface area contributed by atoms with Crippen molar-refractivity contribution in [3.8, 4) is 23.0 Å². The molecule has 0 aliphatic rings. The number of pyridine rings is 1. The predicted molar refractivity (Wildman–Crippen MR) is 151 cm³/mol. The molecule has 1 atom stereocenters. The number of nitriles is 1. The number of aromatic nitrogens is 4. The molecule has 0 fully saturated rings. The number of rotatable bonds is 7. The summed E-state index contributed by atoms with van der Waals surface area (Å²) < 4.78 is 17.3. The summed E-state index contributed by atoms with van der Waals surface area (Å²) in [4.78, 5) is 34.8. The number of benzene rings is 2. The second kappa shape index (κ2) is 10.9. The van der Waals surface area contributed by atoms with E-state index in [4.69, 9.17) is 0 Å². The van der Waals surface area contributed by atoms with Gasteiger partial charge in [-0.05, 0) is 68.4 Å². The molecule has 1 unspecified atom stereocenters. The summed E-state index contributed by atoms with van der Waals surface area (Å²) in [5, 5.41) is 15.6. The van der Waals surface area contributed by atoms with Gasteiger partial charge in [0.2, 0.25) is 5.91 Å². The van der Waals surface area contributed by atoms with Crippen molar-refractivity contribution in [1.29, 1.82) is 5.26 Å². The van der Waals surface area contributed by atoms with Crippen LogP contribution in [0.1, 0.15) is 23.6 Å². The smallest absolute Gasteiger partial charge is 0.294 e. The lowest BCUT2D eigenvalue weighted by Crippen LogP contribution is -2.38. The third kappa shape index (κ3) is 5.10. The minimum atomic E-state index is -0.532. The van der Waals surface area contributed by atoms with Crippen LogP contribution in [-0.4, -0.2) is 38.1 Å². The second-order valence-electron chi connectivity index (χ2n) is 9.47. The van der Waals surface area contributed by atoms with Gasteiger partial charge in [0.1, 0.15) is 5.82 Å². The third-order valence-electron chi connectivity index (χ3n) is 6.77. The van der Waals surface area contributed by atoms with Crippen LogP contribution in [0.15, 0.2) is 78.1 Å². The van der Waals surface area contributed by atoms with E-state index in [2.05, 4.69) is 26.7 Å². The molecule has 5 aromatic rings. The SMILES string of the molecule is CNC(C)C(=O)Nc1ncc(-c2cccc(C#N)c2)n(Cc2cncc(-n3cc(C)c4cc(F)ccc43)c2)c1=O. The summed E-state index contributed by atoms with van der Waals surface area (Å²) in [6, 6.07) is 15.0. The summed E-state index contributed by atoms with van der Waals surface area (Å²) in [5.41, 5.74) is 4.25. The molecular weight excluding hydrogens is 509 g/mol. The van der Waals surface area contributed by atoms with E-state index in [1.165, 1.54) is 22.9 Å². The maximum atomic E-state index is 13.9. The van der Waals surface area contributed by atoms with Crippen LogP contribution in [0.5, 0.6) is 0 Å². The molecule has 0 radical (unpaired) electrons. The van der Waals surface area contributed by atoms with Gasteiger partial charge in [-0.1, -0.05) is 12.1 Å². The van der Waals surface area contributed by atoms with Crippen molar-refractivity contribution in [2.24, 2.45) is 0 Å². The van der Waals surface area contributed by atoms with E-state index >= 15 is 0 Å². The first-order valence-electron chi connectivity index (χ1n) is 12.6. The van der Waals surface area contributed by atoms with Crippen LogP contribution < -0.4 is 16.2 Å². The van der Waals surface area contributed by atoms with Crippen LogP contribution in [0.25, 0.3) is 27.8 Å². The Morgan fingerprint density at radius 3 is 2.75 bits per heavy atom. The van der Waals surface area contributed by atoms with E-state index in [1.54, 1.807) is 56.7 Å². The Bertz CT molecular complexity index is 1850. The molecule has 0 aliphatic carbocycles. The highest BCUT2D eigenvalue weighted by Crippen LogP contribution is 2.26. The maximum Gasteiger partial charge on any atom is 0.294 e. The van der Waals surface area contributed by atoms with E-state index in [9.17, 15) is 19.2 Å². The summed E-state index contributed by atoms with van der Waals surface area (Å²) in [5.74, 6) is -0.810. The molecule has 0 bridgehead atoms. The summed E-state index contributed by atoms with van der Waals surface area (Å²) in [6.45, 7) is 3.71. The Labute approximate surface area is 229 Å². The molecule has 10 heteroatoms. The van der Waals surface area contributed by atoms with Crippen molar-refractivity contribution in [3.63, 3.8) is 0 Å². The zero-order valence-corrected chi connectivity index (χ0v) is 22.1. The highest BCUT2D eigenvalue weighted by Gasteiger charge is 2.18. The van der Waals surface area contributed by atoms with Crippen LogP contribution in [0.2, 0.25) is 0 Å². The summed E-state index contributed by atoms with van der Waals surface area (Å²) in [6.07, 6.45) is 6.78. The van der Waals surface area contributed by atoms with Gasteiger partial charge in [-0.2, -0.15) is 5.26 Å². The van der Waals surface area contributed by atoms with Gasteiger partial charge in [0, 0.05) is 23.3 Å². The predicted octanol–water partition coefficient (Wildman–Crippen LogP) is 4.16. The number of anilines is 1. The van der Waals surface area contributed by atoms with Gasteiger partial charge in [-0.3, -0.25) is 19.1 Å². The average Bonchev–Trinajstić information content (AvgIpc) is 3.30. The average molecular weight is 536 g/mol. The number of hydrogen-bond donors (Lipinski definition) is 2. The van der Waals surface area contributed by atoms with Crippen molar-refractivity contribution in [3.05, 3.63) is 106 Å². The van der Waals surface area contributed by atoms with Gasteiger partial charge in [0.25, 0.3) is 5.56 Å². The minimum absolute atomic E-state index is 0.106. The summed E-state index contributed by atoms with van der Waals surface area (Å²) in [7, 11) is 1.65. The molecule has 1 amide bonds. The molecule has 0 saturated heterocycles. The molecule has 2 N–H and O–H groups in total. The van der Waals surface area contributed by atoms with Crippen LogP contribution in [0.3, 0.4) is 0 Å². The minimum Gasteiger partial charge on any atom is -0.315 e. The number of nitrogens with zero attached hydrogens (tertiary/aromatic N) is 5. The lowest BCUT2D eigenvalue weighted by molar-refractivity contribution is -0.117. The number of likely N-dealkylation sites (N-methyl/N-ethyl adjacent to an activating group) is 1. The highest BCUT2D eigenvalue weighted by molar-refractivity contribution is 5.93. The molecule has 5 rings (SSSR count). The van der Waals surface area contributed by atoms with Crippen LogP contribution in [0, 0.1) is 24.1 Å². The molecule has 3 heterocycles. The first-order valence-corrected chi connectivity index (χ1v) is 12.6. The van der Waals surface area contributed by atoms with Crippen molar-refractivity contribution < 1.29 is 9.18 Å². The Balaban J connectivity index is 1.60. The van der Waals surface area contributed by atoms with E-state index < -0.39 is 17.5 Å². The normalized spacial score (nSPS) is 11.8. The van der Waals surface area contributed by atoms with E-state index in [1.807, 2.05) is 23.8 Å². The van der Waals surface area contributed by atoms with E-state index in [0.717, 1.165) is 22.2 Å². The zero-order valence-electron chi connectivity index (χ0n) is 22.1. The van der Waals surface area contributed by atoms with E-state index in [-0.39, 0.29) is 18.2 Å². The van der Waals surface area contributed by atoms with Gasteiger partial charge < -0.3 is 15.2 Å². The Morgan fingerprint density at radius 1 is 1.15 bits per heavy atom. The molecule has 40 heavy (non-hydrogen) atoms. The second-order valence-corrected chi connectivity index (χ2v) is 9.47. The molecule has 0 spiro atoms. The lowest BCUT2D eigenvalue weighted by Gasteiger charge is -2.16. The molecule has 2 aromatic carbocycles. The van der Waals surface area contributed by atoms with Crippen LogP contribution in [-0.2, 0) is 11.3 Å². The van der Waals surface area contributed by atoms with Crippen molar-refractivity contribution >= 4 is 22.6 Å². The quantitative estimate of drug-likeness (QED) is 0.323. The molecule has 3 aromatic heterocycles. The number of aryl methyl sites for hydroxylation is 1. The molecule has 0 aliphatic heterocycles. The zero-order chi connectivity index (χ0) is 28.4. The van der Waals surface area contributed by atoms with E-state index in [0.29, 0.717) is 22.4 Å². The number of fused-ring (bicyclic) bond motifs is 1. The Hall–Kier alpha value is -5.14. The Kier molecular flexibility index (Phi) is 7.23. The number of carbonyl (C=O) groups is 1. The van der Waals surface area contributed by atoms with Crippen LogP contribution >= 0.6 is 0 Å². The van der Waals surface area contributed by atoms with Gasteiger partial charge in [-0.25, -0.2) is 9.37 Å². The standard InChI is InChI=1S/C30H26FN7O2/c1-18-16-37(26-8-7-23(31)11-25(18)26)24-10-21(13-34-14-24)17-38-27(22-6-4-5-20(9-22)12-32)15-35-28(30(38)40)36-29(39)19(2)33-3/h4-11,13-16,19,33H,17H2,1-3H3,(H,35,36,39). The molecule has 200 valence electrons. The number of halogens is 1. The van der Waals surface area contributed by atoms with Gasteiger partial charge in [0.15, 0.2) is 5.82 Å². The first-order chi connectivity index (χ1) is 19.3. The Morgan fingerprint density at radius 2 is 1.98 bits per heavy atom. The van der Waals surface area contributed by atoms with Crippen LogP contribution in [0.4, 0.5) is 10.2 Å². The number of hydrogen-bond acceptors (Lipinski definition) is 6. The van der Waals surface area contributed by atoms with Crippen molar-refractivity contribution in [1.82, 2.24) is 24.4 Å². The van der Waals surface area contributed by atoms with Gasteiger partial charge in [0.05, 0.1) is 53.5 Å². The number of nitrogens with one attached hydrogen (secondary N) is 2. The molecular formula is C30H26FN7O2. The number of carbonyl (C=O) groups excluding carboxylic acids is 1. The first kappa shape index (κ1) is 26.5. The number of amides is 1. The topological polar surface area (TPSA) is 118 Å². The largest absolute Gasteiger partial charge is 0.315 e. The van der Waals surface area contributed by atoms with Gasteiger partial charge in [-0.15, -0.1) is 0 Å². The lowest BCUT2D eigenvalue weighted by atomic mass is 10.1. The maximum absolute atomic E-state index is 13.9. The highest BCUT2D eigenvalue weighted by atomic mass is 19.1. The van der Waals surface area contributed by atoms with Crippen molar-refractivity contribution in [2.75, 3.05) is 12.4 Å². The molecule has 0 saturated carbocycles. The fourth-order valence-corrected chi connectivity index (χ4v) is 4.52. The van der Waals surface area contributed by atoms with Gasteiger partial charge >= 0.3 is 0 Å². The fourth-order valence-electron chi connectivity index (χ4n) is 4.52.